The van der Waals surface area contributed by atoms with Crippen molar-refractivity contribution in [2.45, 2.75) is 39.3 Å². The van der Waals surface area contributed by atoms with Crippen molar-refractivity contribution in [2.24, 2.45) is 16.6 Å². The minimum atomic E-state index is -0.231. The molecule has 0 radical (unpaired) electrons. The van der Waals surface area contributed by atoms with Gasteiger partial charge in [-0.25, -0.2) is 4.79 Å². The number of nitrogens with two attached hydrogens (primary N) is 1. The first-order valence-corrected chi connectivity index (χ1v) is 8.54. The highest BCUT2D eigenvalue weighted by Crippen LogP contribution is 2.11. The molecule has 0 aliphatic carbocycles. The summed E-state index contributed by atoms with van der Waals surface area (Å²) in [5, 5.41) is 7.44. The van der Waals surface area contributed by atoms with Gasteiger partial charge in [-0.15, -0.1) is 24.0 Å². The van der Waals surface area contributed by atoms with Crippen molar-refractivity contribution in [3.63, 3.8) is 0 Å². The van der Waals surface area contributed by atoms with Crippen LogP contribution < -0.4 is 11.1 Å². The van der Waals surface area contributed by atoms with Gasteiger partial charge >= 0.3 is 6.09 Å². The Morgan fingerprint density at radius 3 is 2.80 bits per heavy atom. The number of carbonyl (C=O) groups excluding carboxylic acids is 1. The number of carbonyl (C=O) groups is 1. The van der Waals surface area contributed by atoms with Crippen LogP contribution in [0.15, 0.2) is 23.5 Å². The molecule has 1 aliphatic rings. The number of guanidine groups is 1. The topological polar surface area (TPSA) is 97.8 Å². The largest absolute Gasteiger partial charge is 0.450 e. The molecule has 1 unspecified atom stereocenters. The molecule has 1 aromatic heterocycles. The van der Waals surface area contributed by atoms with Crippen LogP contribution >= 0.6 is 24.0 Å². The van der Waals surface area contributed by atoms with Gasteiger partial charge in [0.15, 0.2) is 5.96 Å². The zero-order chi connectivity index (χ0) is 17.4. The van der Waals surface area contributed by atoms with E-state index in [9.17, 15) is 4.79 Å². The molecule has 2 rings (SSSR count). The van der Waals surface area contributed by atoms with Crippen LogP contribution in [0, 0.1) is 5.92 Å². The van der Waals surface area contributed by atoms with E-state index >= 15 is 0 Å². The number of ether oxygens (including phenoxy) is 1. The van der Waals surface area contributed by atoms with Crippen LogP contribution in [0.5, 0.6) is 0 Å². The molecule has 142 valence electrons. The molecule has 1 atom stereocenters. The van der Waals surface area contributed by atoms with Crippen LogP contribution in [-0.2, 0) is 11.3 Å². The Balaban J connectivity index is 0.00000312. The van der Waals surface area contributed by atoms with Crippen molar-refractivity contribution in [3.05, 3.63) is 18.5 Å². The number of nitrogens with zero attached hydrogens (tertiary/aromatic N) is 4. The zero-order valence-corrected chi connectivity index (χ0v) is 17.3. The van der Waals surface area contributed by atoms with Gasteiger partial charge in [-0.3, -0.25) is 9.67 Å². The Kier molecular flexibility index (Phi) is 9.61. The van der Waals surface area contributed by atoms with Gasteiger partial charge in [0, 0.05) is 44.6 Å². The molecule has 0 bridgehead atoms. The average molecular weight is 464 g/mol. The standard InChI is InChI=1S/C16H28N6O2.HI/c1-3-24-16(23)21-9-5-14(6-10-21)20-15(17)18-11-13(2)12-22-8-4-7-19-22;/h4,7-8,13-14H,3,5-6,9-12H2,1-2H3,(H3,17,18,20);1H. The lowest BCUT2D eigenvalue weighted by atomic mass is 10.1. The fourth-order valence-electron chi connectivity index (χ4n) is 2.72. The molecular weight excluding hydrogens is 435 g/mol. The average Bonchev–Trinajstić information content (AvgIpc) is 3.07. The molecular formula is C16H29IN6O2. The van der Waals surface area contributed by atoms with Gasteiger partial charge in [0.25, 0.3) is 0 Å². The lowest BCUT2D eigenvalue weighted by Crippen LogP contribution is -2.48. The molecule has 9 heteroatoms. The van der Waals surface area contributed by atoms with E-state index in [0.29, 0.717) is 38.1 Å². The SMILES string of the molecule is CCOC(=O)N1CCC(NC(N)=NCC(C)Cn2cccn2)CC1.I. The molecule has 3 N–H and O–H groups in total. The normalized spacial score (nSPS) is 16.9. The van der Waals surface area contributed by atoms with E-state index in [2.05, 4.69) is 22.3 Å². The molecule has 8 nitrogen and oxygen atoms in total. The molecule has 1 amide bonds. The number of hydrogen-bond acceptors (Lipinski definition) is 4. The van der Waals surface area contributed by atoms with E-state index in [1.54, 1.807) is 11.1 Å². The highest BCUT2D eigenvalue weighted by Gasteiger charge is 2.23. The molecule has 1 aromatic rings. The quantitative estimate of drug-likeness (QED) is 0.379. The first-order valence-electron chi connectivity index (χ1n) is 8.54. The van der Waals surface area contributed by atoms with Crippen LogP contribution in [0.2, 0.25) is 0 Å². The summed E-state index contributed by atoms with van der Waals surface area (Å²) in [6.07, 6.45) is 5.17. The highest BCUT2D eigenvalue weighted by atomic mass is 127. The minimum absolute atomic E-state index is 0. The summed E-state index contributed by atoms with van der Waals surface area (Å²) >= 11 is 0. The van der Waals surface area contributed by atoms with Crippen LogP contribution in [0.25, 0.3) is 0 Å². The summed E-state index contributed by atoms with van der Waals surface area (Å²) < 4.78 is 6.91. The Bertz CT molecular complexity index is 529. The van der Waals surface area contributed by atoms with E-state index in [1.807, 2.05) is 23.9 Å². The maximum Gasteiger partial charge on any atom is 0.409 e. The van der Waals surface area contributed by atoms with Crippen LogP contribution in [0.3, 0.4) is 0 Å². The number of amides is 1. The number of rotatable bonds is 6. The second-order valence-electron chi connectivity index (χ2n) is 6.16. The molecule has 25 heavy (non-hydrogen) atoms. The molecule has 1 aliphatic heterocycles. The fourth-order valence-corrected chi connectivity index (χ4v) is 2.72. The summed E-state index contributed by atoms with van der Waals surface area (Å²) in [5.41, 5.74) is 5.98. The number of nitrogens with one attached hydrogen (secondary N) is 1. The lowest BCUT2D eigenvalue weighted by molar-refractivity contribution is 0.0963. The Morgan fingerprint density at radius 2 is 2.20 bits per heavy atom. The first kappa shape index (κ1) is 21.5. The van der Waals surface area contributed by atoms with Gasteiger partial charge in [-0.1, -0.05) is 6.92 Å². The Labute approximate surface area is 166 Å². The second kappa shape index (κ2) is 11.2. The van der Waals surface area contributed by atoms with Crippen molar-refractivity contribution in [1.29, 1.82) is 0 Å². The summed E-state index contributed by atoms with van der Waals surface area (Å²) in [7, 11) is 0. The monoisotopic (exact) mass is 464 g/mol. The summed E-state index contributed by atoms with van der Waals surface area (Å²) in [6, 6.07) is 2.16. The lowest BCUT2D eigenvalue weighted by Gasteiger charge is -2.31. The molecule has 0 spiro atoms. The maximum absolute atomic E-state index is 11.7. The van der Waals surface area contributed by atoms with Gasteiger partial charge in [-0.05, 0) is 31.7 Å². The van der Waals surface area contributed by atoms with Crippen molar-refractivity contribution in [1.82, 2.24) is 20.0 Å². The van der Waals surface area contributed by atoms with Gasteiger partial charge < -0.3 is 20.7 Å². The number of halogens is 1. The summed E-state index contributed by atoms with van der Waals surface area (Å²) in [6.45, 7) is 7.18. The van der Waals surface area contributed by atoms with Crippen LogP contribution in [0.4, 0.5) is 4.79 Å². The van der Waals surface area contributed by atoms with Crippen molar-refractivity contribution >= 4 is 36.0 Å². The van der Waals surface area contributed by atoms with E-state index in [0.717, 1.165) is 19.4 Å². The first-order chi connectivity index (χ1) is 11.6. The van der Waals surface area contributed by atoms with E-state index in [4.69, 9.17) is 10.5 Å². The van der Waals surface area contributed by atoms with Crippen molar-refractivity contribution in [3.8, 4) is 0 Å². The molecule has 0 aromatic carbocycles. The third-order valence-corrected chi connectivity index (χ3v) is 4.00. The van der Waals surface area contributed by atoms with Crippen molar-refractivity contribution in [2.75, 3.05) is 26.2 Å². The van der Waals surface area contributed by atoms with Gasteiger partial charge in [0.05, 0.1) is 6.61 Å². The maximum atomic E-state index is 11.7. The van der Waals surface area contributed by atoms with Crippen molar-refractivity contribution < 1.29 is 9.53 Å². The fraction of sp³-hybridized carbons (Fsp3) is 0.688. The van der Waals surface area contributed by atoms with Gasteiger partial charge in [0.1, 0.15) is 0 Å². The van der Waals surface area contributed by atoms with Crippen LogP contribution in [0.1, 0.15) is 26.7 Å². The van der Waals surface area contributed by atoms with Gasteiger partial charge in [0.2, 0.25) is 0 Å². The number of aliphatic imine (C=N–C) groups is 1. The number of hydrogen-bond donors (Lipinski definition) is 2. The number of piperidine rings is 1. The summed E-state index contributed by atoms with van der Waals surface area (Å²) in [4.78, 5) is 17.8. The molecule has 2 heterocycles. The van der Waals surface area contributed by atoms with Gasteiger partial charge in [-0.2, -0.15) is 5.10 Å². The summed E-state index contributed by atoms with van der Waals surface area (Å²) in [5.74, 6) is 0.827. The van der Waals surface area contributed by atoms with E-state index in [-0.39, 0.29) is 36.1 Å². The highest BCUT2D eigenvalue weighted by molar-refractivity contribution is 14.0. The smallest absolute Gasteiger partial charge is 0.409 e. The predicted molar refractivity (Wildman–Crippen MR) is 108 cm³/mol. The second-order valence-corrected chi connectivity index (χ2v) is 6.16. The molecule has 1 saturated heterocycles. The Morgan fingerprint density at radius 1 is 1.48 bits per heavy atom. The third kappa shape index (κ3) is 7.49. The number of likely N-dealkylation sites (tertiary alicyclic amines) is 1. The minimum Gasteiger partial charge on any atom is -0.450 e. The van der Waals surface area contributed by atoms with E-state index in [1.165, 1.54) is 0 Å². The number of aromatic nitrogens is 2. The van der Waals surface area contributed by atoms with E-state index < -0.39 is 0 Å². The zero-order valence-electron chi connectivity index (χ0n) is 14.9. The Hall–Kier alpha value is -1.52. The third-order valence-electron chi connectivity index (χ3n) is 4.00. The van der Waals surface area contributed by atoms with Crippen LogP contribution in [-0.4, -0.2) is 59.0 Å². The molecule has 0 saturated carbocycles. The predicted octanol–water partition coefficient (Wildman–Crippen LogP) is 1.66. The molecule has 1 fully saturated rings.